The van der Waals surface area contributed by atoms with Crippen LogP contribution in [0.3, 0.4) is 0 Å². The van der Waals surface area contributed by atoms with Crippen LogP contribution in [0.5, 0.6) is 0 Å². The predicted molar refractivity (Wildman–Crippen MR) is 92.2 cm³/mol. The number of nitrogens with zero attached hydrogens (tertiary/aromatic N) is 1. The molecule has 0 spiro atoms. The first-order chi connectivity index (χ1) is 8.15. The molecule has 0 aliphatic rings. The van der Waals surface area contributed by atoms with Crippen LogP contribution in [-0.4, -0.2) is 18.5 Å². The van der Waals surface area contributed by atoms with Crippen molar-refractivity contribution in [2.24, 2.45) is 4.99 Å². The molecule has 0 saturated carbocycles. The lowest BCUT2D eigenvalue weighted by atomic mass is 10.4. The standard InChI is InChI=1S/C13H23N3S.HI/c1-5-11-7-8-12(17-11)9-15-13(14-6-2)16-10(3)4;/h7-8,10H,5-6,9H2,1-4H3,(H2,14,15,16);1H. The summed E-state index contributed by atoms with van der Waals surface area (Å²) in [4.78, 5) is 7.33. The van der Waals surface area contributed by atoms with Crippen LogP contribution >= 0.6 is 35.3 Å². The van der Waals surface area contributed by atoms with Crippen LogP contribution < -0.4 is 10.6 Å². The lowest BCUT2D eigenvalue weighted by Crippen LogP contribution is -2.40. The highest BCUT2D eigenvalue weighted by molar-refractivity contribution is 14.0. The van der Waals surface area contributed by atoms with Crippen LogP contribution in [0, 0.1) is 0 Å². The van der Waals surface area contributed by atoms with Gasteiger partial charge in [0.2, 0.25) is 0 Å². The maximum absolute atomic E-state index is 4.58. The quantitative estimate of drug-likeness (QED) is 0.466. The zero-order valence-electron chi connectivity index (χ0n) is 11.6. The molecule has 0 atom stereocenters. The van der Waals surface area contributed by atoms with Gasteiger partial charge in [0.05, 0.1) is 6.54 Å². The second-order valence-electron chi connectivity index (χ2n) is 4.22. The van der Waals surface area contributed by atoms with Crippen LogP contribution in [0.4, 0.5) is 0 Å². The smallest absolute Gasteiger partial charge is 0.191 e. The van der Waals surface area contributed by atoms with E-state index in [1.54, 1.807) is 0 Å². The molecule has 1 rings (SSSR count). The molecule has 0 saturated heterocycles. The maximum atomic E-state index is 4.58. The van der Waals surface area contributed by atoms with E-state index in [2.05, 4.69) is 55.5 Å². The molecule has 18 heavy (non-hydrogen) atoms. The van der Waals surface area contributed by atoms with Crippen molar-refractivity contribution in [3.63, 3.8) is 0 Å². The Morgan fingerprint density at radius 3 is 2.44 bits per heavy atom. The molecule has 5 heteroatoms. The Labute approximate surface area is 131 Å². The zero-order chi connectivity index (χ0) is 12.7. The Morgan fingerprint density at radius 1 is 1.28 bits per heavy atom. The topological polar surface area (TPSA) is 36.4 Å². The first-order valence-electron chi connectivity index (χ1n) is 6.28. The third-order valence-electron chi connectivity index (χ3n) is 2.23. The van der Waals surface area contributed by atoms with E-state index < -0.39 is 0 Å². The van der Waals surface area contributed by atoms with Crippen molar-refractivity contribution in [3.05, 3.63) is 21.9 Å². The van der Waals surface area contributed by atoms with Crippen LogP contribution in [0.25, 0.3) is 0 Å². The third kappa shape index (κ3) is 6.58. The van der Waals surface area contributed by atoms with Crippen molar-refractivity contribution < 1.29 is 0 Å². The van der Waals surface area contributed by atoms with Crippen molar-refractivity contribution in [2.75, 3.05) is 6.54 Å². The van der Waals surface area contributed by atoms with Crippen molar-refractivity contribution in [2.45, 2.75) is 46.7 Å². The lowest BCUT2D eigenvalue weighted by molar-refractivity contribution is 0.701. The second kappa shape index (κ2) is 9.61. The number of hydrogen-bond acceptors (Lipinski definition) is 2. The lowest BCUT2D eigenvalue weighted by Gasteiger charge is -2.13. The molecule has 0 radical (unpaired) electrons. The molecule has 0 fully saturated rings. The van der Waals surface area contributed by atoms with Crippen molar-refractivity contribution in [1.82, 2.24) is 10.6 Å². The number of rotatable bonds is 5. The summed E-state index contributed by atoms with van der Waals surface area (Å²) in [7, 11) is 0. The van der Waals surface area contributed by atoms with Gasteiger partial charge in [-0.05, 0) is 39.3 Å². The summed E-state index contributed by atoms with van der Waals surface area (Å²) in [5, 5.41) is 6.56. The monoisotopic (exact) mass is 381 g/mol. The molecule has 2 N–H and O–H groups in total. The van der Waals surface area contributed by atoms with Gasteiger partial charge >= 0.3 is 0 Å². The molecule has 0 bridgehead atoms. The molecule has 0 unspecified atom stereocenters. The van der Waals surface area contributed by atoms with Crippen LogP contribution in [-0.2, 0) is 13.0 Å². The number of nitrogens with one attached hydrogen (secondary N) is 2. The Hall–Kier alpha value is -0.300. The fourth-order valence-electron chi connectivity index (χ4n) is 1.45. The predicted octanol–water partition coefficient (Wildman–Crippen LogP) is 3.39. The molecule has 0 aliphatic carbocycles. The van der Waals surface area contributed by atoms with Crippen LogP contribution in [0.2, 0.25) is 0 Å². The minimum absolute atomic E-state index is 0. The summed E-state index contributed by atoms with van der Waals surface area (Å²) in [6.07, 6.45) is 1.11. The SMILES string of the molecule is CCNC(=NCc1ccc(CC)s1)NC(C)C.I. The van der Waals surface area contributed by atoms with E-state index in [9.17, 15) is 0 Å². The summed E-state index contributed by atoms with van der Waals surface area (Å²) in [6, 6.07) is 4.77. The van der Waals surface area contributed by atoms with Crippen LogP contribution in [0.15, 0.2) is 17.1 Å². The molecule has 3 nitrogen and oxygen atoms in total. The van der Waals surface area contributed by atoms with Crippen molar-refractivity contribution in [3.8, 4) is 0 Å². The molecule has 1 aromatic rings. The average Bonchev–Trinajstić information content (AvgIpc) is 2.73. The van der Waals surface area contributed by atoms with Gasteiger partial charge in [0.1, 0.15) is 0 Å². The van der Waals surface area contributed by atoms with Gasteiger partial charge in [-0.15, -0.1) is 35.3 Å². The number of guanidine groups is 1. The fraction of sp³-hybridized carbons (Fsp3) is 0.615. The molecular weight excluding hydrogens is 357 g/mol. The van der Waals surface area contributed by atoms with E-state index in [0.29, 0.717) is 6.04 Å². The first-order valence-corrected chi connectivity index (χ1v) is 7.09. The third-order valence-corrected chi connectivity index (χ3v) is 3.44. The minimum Gasteiger partial charge on any atom is -0.357 e. The van der Waals surface area contributed by atoms with E-state index in [1.807, 2.05) is 11.3 Å². The largest absolute Gasteiger partial charge is 0.357 e. The maximum Gasteiger partial charge on any atom is 0.191 e. The number of aliphatic imine (C=N–C) groups is 1. The number of hydrogen-bond donors (Lipinski definition) is 2. The van der Waals surface area contributed by atoms with Gasteiger partial charge < -0.3 is 10.6 Å². The zero-order valence-corrected chi connectivity index (χ0v) is 14.8. The minimum atomic E-state index is 0. The molecule has 1 aromatic heterocycles. The van der Waals surface area contributed by atoms with Gasteiger partial charge in [-0.1, -0.05) is 6.92 Å². The molecule has 104 valence electrons. The van der Waals surface area contributed by atoms with Gasteiger partial charge in [-0.25, -0.2) is 4.99 Å². The normalized spacial score (nSPS) is 11.3. The summed E-state index contributed by atoms with van der Waals surface area (Å²) in [5.41, 5.74) is 0. The van der Waals surface area contributed by atoms with E-state index in [0.717, 1.165) is 25.5 Å². The summed E-state index contributed by atoms with van der Waals surface area (Å²) in [6.45, 7) is 10.2. The Morgan fingerprint density at radius 2 is 1.94 bits per heavy atom. The summed E-state index contributed by atoms with van der Waals surface area (Å²) >= 11 is 1.85. The molecule has 1 heterocycles. The molecule has 0 aliphatic heterocycles. The van der Waals surface area contributed by atoms with E-state index in [-0.39, 0.29) is 24.0 Å². The Balaban J connectivity index is 0.00000289. The second-order valence-corrected chi connectivity index (χ2v) is 5.47. The molecule has 0 amide bonds. The molecular formula is C13H24IN3S. The van der Waals surface area contributed by atoms with E-state index >= 15 is 0 Å². The van der Waals surface area contributed by atoms with Crippen molar-refractivity contribution >= 4 is 41.3 Å². The number of aryl methyl sites for hydroxylation is 1. The highest BCUT2D eigenvalue weighted by atomic mass is 127. The van der Waals surface area contributed by atoms with Crippen molar-refractivity contribution in [1.29, 1.82) is 0 Å². The summed E-state index contributed by atoms with van der Waals surface area (Å²) in [5.74, 6) is 0.897. The number of thiophene rings is 1. The highest BCUT2D eigenvalue weighted by Gasteiger charge is 2.01. The van der Waals surface area contributed by atoms with Gasteiger partial charge in [0.15, 0.2) is 5.96 Å². The summed E-state index contributed by atoms with van der Waals surface area (Å²) < 4.78 is 0. The van der Waals surface area contributed by atoms with Crippen LogP contribution in [0.1, 0.15) is 37.4 Å². The van der Waals surface area contributed by atoms with Gasteiger partial charge in [0, 0.05) is 22.3 Å². The fourth-order valence-corrected chi connectivity index (χ4v) is 2.33. The Bertz CT molecular complexity index is 361. The van der Waals surface area contributed by atoms with E-state index in [4.69, 9.17) is 0 Å². The van der Waals surface area contributed by atoms with Gasteiger partial charge in [-0.2, -0.15) is 0 Å². The van der Waals surface area contributed by atoms with Gasteiger partial charge in [-0.3, -0.25) is 0 Å². The van der Waals surface area contributed by atoms with E-state index in [1.165, 1.54) is 9.75 Å². The average molecular weight is 381 g/mol. The first kappa shape index (κ1) is 17.7. The number of halogens is 1. The highest BCUT2D eigenvalue weighted by Crippen LogP contribution is 2.17. The van der Waals surface area contributed by atoms with Gasteiger partial charge in [0.25, 0.3) is 0 Å². The molecule has 0 aromatic carbocycles. The Kier molecular flexibility index (Phi) is 9.45.